The van der Waals surface area contributed by atoms with Crippen molar-refractivity contribution in [1.29, 1.82) is 0 Å². The lowest BCUT2D eigenvalue weighted by molar-refractivity contribution is -0.265. The first-order valence-electron chi connectivity index (χ1n) is 12.1. The van der Waals surface area contributed by atoms with Crippen LogP contribution in [0.1, 0.15) is 55.4 Å². The molecule has 1 saturated heterocycles. The van der Waals surface area contributed by atoms with Crippen molar-refractivity contribution in [2.24, 2.45) is 23.7 Å². The Kier molecular flexibility index (Phi) is 13.8. The van der Waals surface area contributed by atoms with E-state index in [0.717, 1.165) is 13.8 Å². The van der Waals surface area contributed by atoms with E-state index in [2.05, 4.69) is 0 Å². The second-order valence-corrected chi connectivity index (χ2v) is 11.0. The van der Waals surface area contributed by atoms with Crippen molar-refractivity contribution in [3.05, 3.63) is 0 Å². The zero-order chi connectivity index (χ0) is 29.2. The zero-order valence-electron chi connectivity index (χ0n) is 22.9. The maximum Gasteiger partial charge on any atom is 0.483 e. The molecule has 38 heavy (non-hydrogen) atoms. The van der Waals surface area contributed by atoms with E-state index in [4.69, 9.17) is 37.3 Å². The maximum absolute atomic E-state index is 15.0. The lowest BCUT2D eigenvalue weighted by Crippen LogP contribution is -2.55. The molecule has 1 aliphatic rings. The van der Waals surface area contributed by atoms with Gasteiger partial charge in [-0.1, -0.05) is 41.5 Å². The van der Waals surface area contributed by atoms with Gasteiger partial charge in [0.25, 0.3) is 0 Å². The highest BCUT2D eigenvalue weighted by Crippen LogP contribution is 2.53. The Morgan fingerprint density at radius 2 is 1.34 bits per heavy atom. The van der Waals surface area contributed by atoms with Crippen molar-refractivity contribution in [3.8, 4) is 0 Å². The van der Waals surface area contributed by atoms with E-state index < -0.39 is 100 Å². The van der Waals surface area contributed by atoms with Crippen molar-refractivity contribution in [3.63, 3.8) is 0 Å². The zero-order valence-corrected chi connectivity index (χ0v) is 23.8. The van der Waals surface area contributed by atoms with Crippen LogP contribution < -0.4 is 0 Å². The standard InChI is InChI=1S/C23H38FO13P/c1-12(2)21(27)31-10-33-38(29,34-11-32-22(28)13(3)4)37-23-20(35-17(8)26)15(6)14(5)19(36-23)18(24)9-30-16(7)25/h12-15,18-20,23H,9-11H2,1-8H3/t14-,15-,18-,19?,20?,23-/m0/s1. The fourth-order valence-corrected chi connectivity index (χ4v) is 4.19. The molecule has 0 aliphatic carbocycles. The van der Waals surface area contributed by atoms with Gasteiger partial charge in [0.1, 0.15) is 6.61 Å². The molecule has 0 spiro atoms. The fraction of sp³-hybridized carbons (Fsp3) is 0.826. The van der Waals surface area contributed by atoms with E-state index >= 15 is 0 Å². The summed E-state index contributed by atoms with van der Waals surface area (Å²) in [5.74, 6) is -5.02. The molecule has 1 heterocycles. The van der Waals surface area contributed by atoms with Gasteiger partial charge in [-0.25, -0.2) is 18.0 Å². The van der Waals surface area contributed by atoms with Gasteiger partial charge in [0.2, 0.25) is 19.9 Å². The molecule has 0 aromatic rings. The van der Waals surface area contributed by atoms with Crippen molar-refractivity contribution in [1.82, 2.24) is 0 Å². The van der Waals surface area contributed by atoms with Crippen molar-refractivity contribution in [2.45, 2.75) is 80.1 Å². The van der Waals surface area contributed by atoms with E-state index in [1.165, 1.54) is 0 Å². The number of halogens is 1. The number of hydrogen-bond donors (Lipinski definition) is 0. The Balaban J connectivity index is 3.19. The Bertz CT molecular complexity index is 834. The van der Waals surface area contributed by atoms with Gasteiger partial charge >= 0.3 is 31.7 Å². The summed E-state index contributed by atoms with van der Waals surface area (Å²) in [5.41, 5.74) is 0. The summed E-state index contributed by atoms with van der Waals surface area (Å²) < 4.78 is 69.5. The van der Waals surface area contributed by atoms with Crippen LogP contribution >= 0.6 is 7.82 Å². The summed E-state index contributed by atoms with van der Waals surface area (Å²) in [6.45, 7) is 9.39. The summed E-state index contributed by atoms with van der Waals surface area (Å²) in [6, 6.07) is 0. The largest absolute Gasteiger partial charge is 0.483 e. The third kappa shape index (κ3) is 10.9. The first kappa shape index (κ1) is 33.9. The molecule has 13 nitrogen and oxygen atoms in total. The SMILES string of the molecule is CC(=O)OC[C@H](F)C1O[C@@H](OP(=O)(OCOC(=O)C(C)C)OCOC(=O)C(C)C)C(OC(C)=O)[C@@H](C)[C@@H]1C. The number of hydrogen-bond acceptors (Lipinski definition) is 13. The number of ether oxygens (including phenoxy) is 5. The summed E-state index contributed by atoms with van der Waals surface area (Å²) in [7, 11) is -4.75. The first-order chi connectivity index (χ1) is 17.6. The normalized spacial score (nSPS) is 24.6. The number of carbonyl (C=O) groups excluding carboxylic acids is 4. The molecule has 1 aliphatic heterocycles. The highest BCUT2D eigenvalue weighted by molar-refractivity contribution is 7.48. The van der Waals surface area contributed by atoms with Crippen LogP contribution in [0.4, 0.5) is 4.39 Å². The molecule has 2 unspecified atom stereocenters. The second-order valence-electron chi connectivity index (χ2n) is 9.36. The number of phosphoric acid groups is 1. The first-order valence-corrected chi connectivity index (χ1v) is 13.5. The van der Waals surface area contributed by atoms with Crippen LogP contribution in [0, 0.1) is 23.7 Å². The van der Waals surface area contributed by atoms with Crippen LogP contribution in [0.3, 0.4) is 0 Å². The van der Waals surface area contributed by atoms with E-state index in [9.17, 15) is 28.1 Å². The van der Waals surface area contributed by atoms with Gasteiger partial charge < -0.3 is 23.7 Å². The molecule has 0 amide bonds. The molecule has 0 bridgehead atoms. The Labute approximate surface area is 221 Å². The summed E-state index contributed by atoms with van der Waals surface area (Å²) >= 11 is 0. The molecule has 15 heteroatoms. The van der Waals surface area contributed by atoms with Crippen LogP contribution in [0.15, 0.2) is 0 Å². The van der Waals surface area contributed by atoms with Gasteiger partial charge in [0.15, 0.2) is 12.3 Å². The number of esters is 4. The maximum atomic E-state index is 15.0. The van der Waals surface area contributed by atoms with Crippen molar-refractivity contribution in [2.75, 3.05) is 20.2 Å². The molecule has 1 fully saturated rings. The predicted molar refractivity (Wildman–Crippen MR) is 127 cm³/mol. The molecular formula is C23H38FO13P. The molecule has 0 radical (unpaired) electrons. The smallest absolute Gasteiger partial charge is 0.463 e. The quantitative estimate of drug-likeness (QED) is 0.129. The van der Waals surface area contributed by atoms with Crippen molar-refractivity contribution < 1.29 is 65.4 Å². The average Bonchev–Trinajstić information content (AvgIpc) is 2.81. The number of rotatable bonds is 14. The highest BCUT2D eigenvalue weighted by Gasteiger charge is 2.50. The minimum absolute atomic E-state index is 0.524. The summed E-state index contributed by atoms with van der Waals surface area (Å²) in [4.78, 5) is 46.5. The highest BCUT2D eigenvalue weighted by atomic mass is 31.2. The molecular weight excluding hydrogens is 534 g/mol. The molecule has 0 N–H and O–H groups in total. The average molecular weight is 573 g/mol. The van der Waals surface area contributed by atoms with Gasteiger partial charge in [-0.3, -0.25) is 23.7 Å². The second kappa shape index (κ2) is 15.5. The van der Waals surface area contributed by atoms with Crippen LogP contribution in [-0.2, 0) is 61.0 Å². The van der Waals surface area contributed by atoms with E-state index in [-0.39, 0.29) is 0 Å². The van der Waals surface area contributed by atoms with Crippen molar-refractivity contribution >= 4 is 31.7 Å². The third-order valence-electron chi connectivity index (χ3n) is 5.53. The fourth-order valence-electron chi connectivity index (χ4n) is 3.20. The number of phosphoric ester groups is 1. The van der Waals surface area contributed by atoms with Gasteiger partial charge in [-0.05, 0) is 5.92 Å². The van der Waals surface area contributed by atoms with Crippen LogP contribution in [0.2, 0.25) is 0 Å². The number of alkyl halides is 1. The molecule has 6 atom stereocenters. The van der Waals surface area contributed by atoms with E-state index in [0.29, 0.717) is 0 Å². The van der Waals surface area contributed by atoms with Gasteiger partial charge in [0, 0.05) is 19.8 Å². The summed E-state index contributed by atoms with van der Waals surface area (Å²) in [5, 5.41) is 0. The topological polar surface area (TPSA) is 159 Å². The number of carbonyl (C=O) groups is 4. The van der Waals surface area contributed by atoms with Crippen LogP contribution in [0.25, 0.3) is 0 Å². The molecule has 1 rings (SSSR count). The summed E-state index contributed by atoms with van der Waals surface area (Å²) in [6.07, 6.45) is -5.96. The van der Waals surface area contributed by atoms with Crippen LogP contribution in [0.5, 0.6) is 0 Å². The molecule has 0 aromatic carbocycles. The van der Waals surface area contributed by atoms with Gasteiger partial charge in [0.05, 0.1) is 17.9 Å². The lowest BCUT2D eigenvalue weighted by atomic mass is 9.82. The van der Waals surface area contributed by atoms with E-state index in [1.54, 1.807) is 41.5 Å². The minimum Gasteiger partial charge on any atom is -0.463 e. The van der Waals surface area contributed by atoms with Gasteiger partial charge in [-0.2, -0.15) is 0 Å². The van der Waals surface area contributed by atoms with Crippen LogP contribution in [-0.4, -0.2) is 68.7 Å². The Morgan fingerprint density at radius 3 is 1.76 bits per heavy atom. The van der Waals surface area contributed by atoms with E-state index in [1.807, 2.05) is 0 Å². The molecule has 0 aromatic heterocycles. The Morgan fingerprint density at radius 1 is 0.842 bits per heavy atom. The third-order valence-corrected chi connectivity index (χ3v) is 6.84. The molecule has 0 saturated carbocycles. The predicted octanol–water partition coefficient (Wildman–Crippen LogP) is 3.29. The molecule has 220 valence electrons. The minimum atomic E-state index is -4.75. The Hall–Kier alpha value is -2.12. The van der Waals surface area contributed by atoms with Gasteiger partial charge in [-0.15, -0.1) is 0 Å². The lowest BCUT2D eigenvalue weighted by Gasteiger charge is -2.44. The monoisotopic (exact) mass is 572 g/mol.